The third-order valence-corrected chi connectivity index (χ3v) is 7.97. The molecule has 3 aromatic rings. The number of nitrogens with one attached hydrogen (secondary N) is 2. The van der Waals surface area contributed by atoms with Gasteiger partial charge in [-0.15, -0.1) is 0 Å². The number of aromatic amines is 1. The zero-order valence-corrected chi connectivity index (χ0v) is 24.4. The fraction of sp³-hybridized carbons (Fsp3) is 0.296. The first-order chi connectivity index (χ1) is 19.7. The molecule has 1 aliphatic rings. The van der Waals surface area contributed by atoms with Crippen LogP contribution >= 0.6 is 23.7 Å². The number of aliphatic hydroxyl groups excluding tert-OH is 1. The molecule has 218 valence electrons. The van der Waals surface area contributed by atoms with Gasteiger partial charge in [0.1, 0.15) is 30.7 Å². The molecule has 0 saturated carbocycles. The molecule has 2 aromatic carbocycles. The maximum Gasteiger partial charge on any atom is 0.459 e. The molecule has 14 heteroatoms. The molecule has 1 aliphatic heterocycles. The number of aromatic nitrogens is 2. The molecular formula is C27H29BrN3O9P. The minimum Gasteiger partial charge on any atom is -0.460 e. The minimum absolute atomic E-state index is 0.00304. The lowest BCUT2D eigenvalue weighted by atomic mass is 10.2. The van der Waals surface area contributed by atoms with E-state index in [4.69, 9.17) is 18.5 Å². The molecule has 5 atom stereocenters. The fourth-order valence-corrected chi connectivity index (χ4v) is 5.75. The van der Waals surface area contributed by atoms with Gasteiger partial charge in [0.2, 0.25) is 0 Å². The van der Waals surface area contributed by atoms with Crippen molar-refractivity contribution < 1.29 is 33.0 Å². The van der Waals surface area contributed by atoms with Crippen molar-refractivity contribution in [1.82, 2.24) is 14.6 Å². The summed E-state index contributed by atoms with van der Waals surface area (Å²) >= 11 is 3.09. The summed E-state index contributed by atoms with van der Waals surface area (Å²) in [6.07, 6.45) is -0.282. The highest BCUT2D eigenvalue weighted by atomic mass is 79.9. The van der Waals surface area contributed by atoms with Crippen LogP contribution in [-0.4, -0.2) is 45.5 Å². The van der Waals surface area contributed by atoms with Crippen molar-refractivity contribution in [2.75, 3.05) is 6.61 Å². The predicted octanol–water partition coefficient (Wildman–Crippen LogP) is 3.48. The van der Waals surface area contributed by atoms with Crippen LogP contribution in [0.2, 0.25) is 0 Å². The van der Waals surface area contributed by atoms with Gasteiger partial charge >= 0.3 is 19.4 Å². The highest BCUT2D eigenvalue weighted by Gasteiger charge is 2.39. The number of ether oxygens (including phenoxy) is 2. The van der Waals surface area contributed by atoms with E-state index in [-0.39, 0.29) is 24.3 Å². The summed E-state index contributed by atoms with van der Waals surface area (Å²) in [5.74, 6) is -0.469. The third kappa shape index (κ3) is 8.35. The zero-order valence-electron chi connectivity index (χ0n) is 21.9. The first-order valence-electron chi connectivity index (χ1n) is 12.6. The van der Waals surface area contributed by atoms with E-state index >= 15 is 0 Å². The van der Waals surface area contributed by atoms with Gasteiger partial charge in [-0.1, -0.05) is 64.5 Å². The van der Waals surface area contributed by atoms with Crippen molar-refractivity contribution in [3.63, 3.8) is 0 Å². The molecule has 0 bridgehead atoms. The Labute approximate surface area is 243 Å². The maximum absolute atomic E-state index is 13.8. The topological polar surface area (TPSA) is 158 Å². The van der Waals surface area contributed by atoms with Crippen molar-refractivity contribution >= 4 is 35.7 Å². The van der Waals surface area contributed by atoms with Gasteiger partial charge in [-0.25, -0.2) is 9.36 Å². The number of rotatable bonds is 12. The number of esters is 1. The standard InChI is InChI=1S/C27H29BrN3O9P/c1-18(26(34)37-16-19-8-4-2-5-9-19)30-41(36,40-21-10-6-3-7-11-21)38-17-23-22(32)14-24(39-23)31-15-20(12-13-28)25(33)29-27(31)35/h2-13,15,18,22-24,32H,14,16-17H2,1H3,(H,30,36)(H,29,33,35)/b13-12+. The highest BCUT2D eigenvalue weighted by Crippen LogP contribution is 2.46. The van der Waals surface area contributed by atoms with Gasteiger partial charge in [0.25, 0.3) is 5.56 Å². The molecule has 0 radical (unpaired) electrons. The Morgan fingerprint density at radius 1 is 1.22 bits per heavy atom. The molecule has 5 unspecified atom stereocenters. The van der Waals surface area contributed by atoms with Crippen LogP contribution in [0.15, 0.2) is 81.4 Å². The quantitative estimate of drug-likeness (QED) is 0.196. The fourth-order valence-electron chi connectivity index (χ4n) is 3.96. The van der Waals surface area contributed by atoms with E-state index in [1.54, 1.807) is 42.5 Å². The van der Waals surface area contributed by atoms with Crippen molar-refractivity contribution in [3.05, 3.63) is 104 Å². The Morgan fingerprint density at radius 2 is 1.90 bits per heavy atom. The van der Waals surface area contributed by atoms with Crippen molar-refractivity contribution in [2.45, 2.75) is 44.4 Å². The lowest BCUT2D eigenvalue weighted by Gasteiger charge is -2.24. The molecular weight excluding hydrogens is 621 g/mol. The molecule has 1 saturated heterocycles. The van der Waals surface area contributed by atoms with Gasteiger partial charge in [0.05, 0.1) is 18.3 Å². The van der Waals surface area contributed by atoms with Crippen LogP contribution in [0.3, 0.4) is 0 Å². The van der Waals surface area contributed by atoms with E-state index in [0.29, 0.717) is 0 Å². The molecule has 3 N–H and O–H groups in total. The Balaban J connectivity index is 1.44. The first-order valence-corrected chi connectivity index (χ1v) is 15.1. The average Bonchev–Trinajstić information content (AvgIpc) is 3.33. The normalized spacial score (nSPS) is 20.9. The van der Waals surface area contributed by atoms with Crippen LogP contribution in [0.25, 0.3) is 6.08 Å². The van der Waals surface area contributed by atoms with Gasteiger partial charge in [0, 0.05) is 12.6 Å². The smallest absolute Gasteiger partial charge is 0.459 e. The Kier molecular flexibility index (Phi) is 10.5. The molecule has 12 nitrogen and oxygen atoms in total. The van der Waals surface area contributed by atoms with Crippen LogP contribution < -0.4 is 20.9 Å². The van der Waals surface area contributed by atoms with E-state index in [1.165, 1.54) is 24.2 Å². The maximum atomic E-state index is 13.8. The molecule has 1 aromatic heterocycles. The molecule has 1 fully saturated rings. The lowest BCUT2D eigenvalue weighted by Crippen LogP contribution is -2.36. The van der Waals surface area contributed by atoms with E-state index < -0.39 is 56.0 Å². The molecule has 41 heavy (non-hydrogen) atoms. The van der Waals surface area contributed by atoms with Crippen molar-refractivity contribution in [2.24, 2.45) is 0 Å². The minimum atomic E-state index is -4.22. The molecule has 0 aliphatic carbocycles. The Morgan fingerprint density at radius 3 is 2.59 bits per heavy atom. The predicted molar refractivity (Wildman–Crippen MR) is 153 cm³/mol. The van der Waals surface area contributed by atoms with Crippen LogP contribution in [0.5, 0.6) is 5.75 Å². The average molecular weight is 650 g/mol. The number of nitrogens with zero attached hydrogens (tertiary/aromatic N) is 1. The number of aliphatic hydroxyl groups is 1. The van der Waals surface area contributed by atoms with E-state index in [9.17, 15) is 24.1 Å². The van der Waals surface area contributed by atoms with Crippen molar-refractivity contribution in [1.29, 1.82) is 0 Å². The van der Waals surface area contributed by atoms with E-state index in [1.807, 2.05) is 18.2 Å². The summed E-state index contributed by atoms with van der Waals surface area (Å²) in [5.41, 5.74) is -0.325. The second-order valence-corrected chi connectivity index (χ2v) is 11.3. The van der Waals surface area contributed by atoms with Gasteiger partial charge < -0.3 is 19.1 Å². The van der Waals surface area contributed by atoms with Crippen LogP contribution in [-0.2, 0) is 30.0 Å². The van der Waals surface area contributed by atoms with Crippen LogP contribution in [0.1, 0.15) is 30.7 Å². The summed E-state index contributed by atoms with van der Waals surface area (Å²) in [7, 11) is -4.22. The first kappa shape index (κ1) is 30.6. The number of H-pyrrole nitrogens is 1. The van der Waals surface area contributed by atoms with Crippen LogP contribution in [0, 0.1) is 0 Å². The number of carbonyl (C=O) groups excluding carboxylic acids is 1. The number of hydrogen-bond acceptors (Lipinski definition) is 9. The Hall–Kier alpha value is -3.32. The second-order valence-electron chi connectivity index (χ2n) is 9.12. The second kappa shape index (κ2) is 14.0. The monoisotopic (exact) mass is 649 g/mol. The lowest BCUT2D eigenvalue weighted by molar-refractivity contribution is -0.146. The van der Waals surface area contributed by atoms with E-state index in [2.05, 4.69) is 26.0 Å². The third-order valence-electron chi connectivity index (χ3n) is 6.06. The summed E-state index contributed by atoms with van der Waals surface area (Å²) in [5, 5.41) is 13.2. The highest BCUT2D eigenvalue weighted by molar-refractivity contribution is 9.11. The van der Waals surface area contributed by atoms with Crippen molar-refractivity contribution in [3.8, 4) is 5.75 Å². The molecule has 0 spiro atoms. The summed E-state index contributed by atoms with van der Waals surface area (Å²) in [6, 6.07) is 16.2. The van der Waals surface area contributed by atoms with Crippen LogP contribution in [0.4, 0.5) is 0 Å². The largest absolute Gasteiger partial charge is 0.460 e. The number of benzene rings is 2. The molecule has 0 amide bonds. The summed E-state index contributed by atoms with van der Waals surface area (Å²) in [4.78, 5) is 40.7. The molecule has 2 heterocycles. The van der Waals surface area contributed by atoms with Gasteiger partial charge in [-0.2, -0.15) is 5.09 Å². The summed E-state index contributed by atoms with van der Waals surface area (Å²) < 4.78 is 37.4. The zero-order chi connectivity index (χ0) is 29.4. The number of para-hydroxylation sites is 1. The Bertz CT molecular complexity index is 1510. The molecule has 4 rings (SSSR count). The summed E-state index contributed by atoms with van der Waals surface area (Å²) in [6.45, 7) is 1.07. The SMILES string of the molecule is CC(NP(=O)(OCC1OC(n2cc(/C=C/Br)c(=O)[nH]c2=O)CC1O)Oc1ccccc1)C(=O)OCc1ccccc1. The number of carbonyl (C=O) groups is 1. The van der Waals surface area contributed by atoms with Gasteiger partial charge in [-0.3, -0.25) is 23.7 Å². The number of hydrogen-bond donors (Lipinski definition) is 3. The number of halogens is 1. The van der Waals surface area contributed by atoms with Gasteiger partial charge in [-0.05, 0) is 35.7 Å². The van der Waals surface area contributed by atoms with Gasteiger partial charge in [0.15, 0.2) is 0 Å². The van der Waals surface area contributed by atoms with E-state index in [0.717, 1.165) is 10.1 Å².